The number of ether oxygens (including phenoxy) is 1. The van der Waals surface area contributed by atoms with Gasteiger partial charge in [0.25, 0.3) is 0 Å². The molecule has 10 nitrogen and oxygen atoms in total. The molecule has 12 heteroatoms. The van der Waals surface area contributed by atoms with Gasteiger partial charge < -0.3 is 15.4 Å². The van der Waals surface area contributed by atoms with E-state index in [9.17, 15) is 12.8 Å². The summed E-state index contributed by atoms with van der Waals surface area (Å²) in [6, 6.07) is 6.55. The van der Waals surface area contributed by atoms with Crippen molar-refractivity contribution in [3.63, 3.8) is 0 Å². The quantitative estimate of drug-likeness (QED) is 0.493. The number of nitrogens with one attached hydrogen (secondary N) is 3. The third-order valence-electron chi connectivity index (χ3n) is 3.90. The summed E-state index contributed by atoms with van der Waals surface area (Å²) in [6.07, 6.45) is 3.82. The molecule has 0 atom stereocenters. The summed E-state index contributed by atoms with van der Waals surface area (Å²) >= 11 is 0. The summed E-state index contributed by atoms with van der Waals surface area (Å²) in [5.41, 5.74) is 0.467. The van der Waals surface area contributed by atoms with E-state index in [1.165, 1.54) is 13.2 Å². The minimum Gasteiger partial charge on any atom is -0.497 e. The number of anilines is 5. The molecule has 0 bridgehead atoms. The van der Waals surface area contributed by atoms with Crippen molar-refractivity contribution in [1.29, 1.82) is 0 Å². The van der Waals surface area contributed by atoms with E-state index in [1.54, 1.807) is 29.1 Å². The van der Waals surface area contributed by atoms with Crippen molar-refractivity contribution in [3.05, 3.63) is 42.5 Å². The van der Waals surface area contributed by atoms with Gasteiger partial charge in [0.15, 0.2) is 17.5 Å². The lowest BCUT2D eigenvalue weighted by molar-refractivity contribution is 0.415. The van der Waals surface area contributed by atoms with Gasteiger partial charge in [0.05, 0.1) is 30.9 Å². The van der Waals surface area contributed by atoms with Gasteiger partial charge in [0, 0.05) is 24.4 Å². The molecule has 0 saturated carbocycles. The molecular formula is C18H22FN7O3S. The SMILES string of the molecule is COc1ccc(Nc2nc(Nc3ccn(C(C)C)n3)ncc2F)c(NS(C)(=O)=O)c1. The van der Waals surface area contributed by atoms with E-state index >= 15 is 0 Å². The van der Waals surface area contributed by atoms with Crippen LogP contribution < -0.4 is 20.1 Å². The summed E-state index contributed by atoms with van der Waals surface area (Å²) in [7, 11) is -2.12. The predicted octanol–water partition coefficient (Wildman–Crippen LogP) is 3.26. The van der Waals surface area contributed by atoms with Crippen molar-refractivity contribution >= 4 is 39.0 Å². The fourth-order valence-corrected chi connectivity index (χ4v) is 3.06. The molecule has 3 aromatic rings. The van der Waals surface area contributed by atoms with Crippen LogP contribution in [0.2, 0.25) is 0 Å². The summed E-state index contributed by atoms with van der Waals surface area (Å²) in [5, 5.41) is 10.0. The number of methoxy groups -OCH3 is 1. The highest BCUT2D eigenvalue weighted by molar-refractivity contribution is 7.92. The highest BCUT2D eigenvalue weighted by Crippen LogP contribution is 2.31. The first-order valence-corrected chi connectivity index (χ1v) is 10.8. The number of halogens is 1. The maximum Gasteiger partial charge on any atom is 0.230 e. The molecule has 3 rings (SSSR count). The molecule has 0 fully saturated rings. The van der Waals surface area contributed by atoms with Crippen LogP contribution in [0.3, 0.4) is 0 Å². The van der Waals surface area contributed by atoms with Gasteiger partial charge in [-0.25, -0.2) is 17.8 Å². The molecule has 0 saturated heterocycles. The van der Waals surface area contributed by atoms with Crippen molar-refractivity contribution in [1.82, 2.24) is 19.7 Å². The van der Waals surface area contributed by atoms with Crippen molar-refractivity contribution in [2.75, 3.05) is 28.7 Å². The molecule has 0 unspecified atom stereocenters. The summed E-state index contributed by atoms with van der Waals surface area (Å²) in [6.45, 7) is 3.98. The van der Waals surface area contributed by atoms with Crippen LogP contribution in [0.4, 0.5) is 33.3 Å². The zero-order chi connectivity index (χ0) is 21.9. The van der Waals surface area contributed by atoms with Crippen LogP contribution in [0.1, 0.15) is 19.9 Å². The van der Waals surface area contributed by atoms with E-state index in [0.717, 1.165) is 12.5 Å². The number of hydrogen-bond donors (Lipinski definition) is 3. The second kappa shape index (κ2) is 8.53. The number of benzene rings is 1. The number of hydrogen-bond acceptors (Lipinski definition) is 8. The average Bonchev–Trinajstić information content (AvgIpc) is 3.13. The molecule has 2 aromatic heterocycles. The fourth-order valence-electron chi connectivity index (χ4n) is 2.49. The molecule has 2 heterocycles. The van der Waals surface area contributed by atoms with Crippen LogP contribution in [0.5, 0.6) is 5.75 Å². The largest absolute Gasteiger partial charge is 0.497 e. The van der Waals surface area contributed by atoms with Crippen molar-refractivity contribution in [2.45, 2.75) is 19.9 Å². The Kier molecular flexibility index (Phi) is 6.06. The van der Waals surface area contributed by atoms with Gasteiger partial charge >= 0.3 is 0 Å². The normalized spacial score (nSPS) is 11.4. The first-order valence-electron chi connectivity index (χ1n) is 8.92. The number of aromatic nitrogens is 4. The van der Waals surface area contributed by atoms with Gasteiger partial charge in [-0.1, -0.05) is 0 Å². The molecule has 0 radical (unpaired) electrons. The standard InChI is InChI=1S/C18H22FN7O3S/c1-11(2)26-8-7-16(24-26)22-18-20-10-13(19)17(23-18)21-14-6-5-12(29-3)9-15(14)25-30(4,27)28/h5-11,25H,1-4H3,(H2,20,21,22,23,24). The van der Waals surface area contributed by atoms with E-state index in [4.69, 9.17) is 4.74 Å². The minimum atomic E-state index is -3.58. The molecule has 3 N–H and O–H groups in total. The molecule has 0 spiro atoms. The predicted molar refractivity (Wildman–Crippen MR) is 113 cm³/mol. The van der Waals surface area contributed by atoms with Crippen LogP contribution >= 0.6 is 0 Å². The van der Waals surface area contributed by atoms with Gasteiger partial charge in [-0.2, -0.15) is 10.1 Å². The highest BCUT2D eigenvalue weighted by atomic mass is 32.2. The monoisotopic (exact) mass is 435 g/mol. The second-order valence-corrected chi connectivity index (χ2v) is 8.45. The second-order valence-electron chi connectivity index (χ2n) is 6.70. The smallest absolute Gasteiger partial charge is 0.230 e. The molecule has 0 amide bonds. The van der Waals surface area contributed by atoms with Crippen LogP contribution in [0.15, 0.2) is 36.7 Å². The summed E-state index contributed by atoms with van der Waals surface area (Å²) in [4.78, 5) is 8.05. The lowest BCUT2D eigenvalue weighted by Crippen LogP contribution is -2.12. The van der Waals surface area contributed by atoms with Gasteiger partial charge in [0.1, 0.15) is 5.75 Å². The average molecular weight is 435 g/mol. The van der Waals surface area contributed by atoms with Gasteiger partial charge in [0.2, 0.25) is 16.0 Å². The Hall–Kier alpha value is -3.41. The molecule has 0 aliphatic rings. The van der Waals surface area contributed by atoms with Crippen molar-refractivity contribution in [3.8, 4) is 5.75 Å². The molecule has 1 aromatic carbocycles. The maximum atomic E-state index is 14.3. The third-order valence-corrected chi connectivity index (χ3v) is 4.49. The third kappa shape index (κ3) is 5.35. The van der Waals surface area contributed by atoms with Crippen molar-refractivity contribution in [2.24, 2.45) is 0 Å². The van der Waals surface area contributed by atoms with Gasteiger partial charge in [-0.3, -0.25) is 9.40 Å². The lowest BCUT2D eigenvalue weighted by Gasteiger charge is -2.14. The molecule has 160 valence electrons. The molecular weight excluding hydrogens is 413 g/mol. The molecule has 0 aliphatic heterocycles. The van der Waals surface area contributed by atoms with E-state index in [0.29, 0.717) is 11.6 Å². The van der Waals surface area contributed by atoms with Crippen LogP contribution in [-0.4, -0.2) is 41.5 Å². The fraction of sp³-hybridized carbons (Fsp3) is 0.278. The Morgan fingerprint density at radius 3 is 2.57 bits per heavy atom. The Bertz CT molecular complexity index is 1150. The maximum absolute atomic E-state index is 14.3. The zero-order valence-corrected chi connectivity index (χ0v) is 17.7. The Morgan fingerprint density at radius 2 is 1.93 bits per heavy atom. The van der Waals surface area contributed by atoms with Gasteiger partial charge in [-0.15, -0.1) is 0 Å². The number of sulfonamides is 1. The zero-order valence-electron chi connectivity index (χ0n) is 16.8. The van der Waals surface area contributed by atoms with E-state index in [1.807, 2.05) is 13.8 Å². The Morgan fingerprint density at radius 1 is 1.17 bits per heavy atom. The van der Waals surface area contributed by atoms with E-state index < -0.39 is 15.8 Å². The number of rotatable bonds is 8. The summed E-state index contributed by atoms with van der Waals surface area (Å²) in [5.74, 6) is 0.203. The molecule has 30 heavy (non-hydrogen) atoms. The van der Waals surface area contributed by atoms with Crippen LogP contribution in [-0.2, 0) is 10.0 Å². The van der Waals surface area contributed by atoms with Crippen LogP contribution in [0.25, 0.3) is 0 Å². The lowest BCUT2D eigenvalue weighted by atomic mass is 10.2. The van der Waals surface area contributed by atoms with E-state index in [-0.39, 0.29) is 29.2 Å². The first kappa shape index (κ1) is 21.3. The van der Waals surface area contributed by atoms with Crippen LogP contribution in [0, 0.1) is 5.82 Å². The topological polar surface area (TPSA) is 123 Å². The highest BCUT2D eigenvalue weighted by Gasteiger charge is 2.14. The minimum absolute atomic E-state index is 0.124. The number of nitrogens with zero attached hydrogens (tertiary/aromatic N) is 4. The molecule has 0 aliphatic carbocycles. The van der Waals surface area contributed by atoms with Gasteiger partial charge in [-0.05, 0) is 26.0 Å². The van der Waals surface area contributed by atoms with Crippen molar-refractivity contribution < 1.29 is 17.5 Å². The van der Waals surface area contributed by atoms with E-state index in [2.05, 4.69) is 30.4 Å². The Balaban J connectivity index is 1.88. The Labute approximate surface area is 173 Å². The first-order chi connectivity index (χ1) is 14.1. The summed E-state index contributed by atoms with van der Waals surface area (Å²) < 4.78 is 46.9.